The van der Waals surface area contributed by atoms with Crippen LogP contribution in [0.1, 0.15) is 0 Å². The second kappa shape index (κ2) is 4.18. The first kappa shape index (κ1) is 8.44. The van der Waals surface area contributed by atoms with E-state index < -0.39 is 0 Å². The van der Waals surface area contributed by atoms with Gasteiger partial charge in [-0.25, -0.2) is 0 Å². The smallest absolute Gasteiger partial charge is 0.153 e. The minimum Gasteiger partial charge on any atom is -0.376 e. The van der Waals surface area contributed by atoms with E-state index in [9.17, 15) is 0 Å². The highest BCUT2D eigenvalue weighted by Crippen LogP contribution is 2.18. The summed E-state index contributed by atoms with van der Waals surface area (Å²) in [5, 5.41) is 0. The minimum absolute atomic E-state index is 0.0148. The van der Waals surface area contributed by atoms with E-state index in [1.54, 1.807) is 0 Å². The second-order valence-electron chi connectivity index (χ2n) is 2.80. The van der Waals surface area contributed by atoms with Crippen molar-refractivity contribution in [3.05, 3.63) is 6.10 Å². The Hall–Kier alpha value is -0.160. The Morgan fingerprint density at radius 1 is 1.00 bits per heavy atom. The third-order valence-corrected chi connectivity index (χ3v) is 1.93. The standard InChI is InChI=1S/C8H13O4/c1-3-11-7(5-9-1)8-6-10-2-4-12-8/h7H,1-6H2. The van der Waals surface area contributed by atoms with Gasteiger partial charge in [-0.3, -0.25) is 0 Å². The van der Waals surface area contributed by atoms with Crippen molar-refractivity contribution in [2.45, 2.75) is 6.10 Å². The molecule has 0 aromatic rings. The van der Waals surface area contributed by atoms with Crippen molar-refractivity contribution in [2.24, 2.45) is 0 Å². The molecule has 69 valence electrons. The molecule has 2 aliphatic heterocycles. The lowest BCUT2D eigenvalue weighted by molar-refractivity contribution is -0.141. The molecule has 2 heterocycles. The highest BCUT2D eigenvalue weighted by atomic mass is 16.6. The molecule has 1 unspecified atom stereocenters. The van der Waals surface area contributed by atoms with Crippen LogP contribution in [0.3, 0.4) is 0 Å². The van der Waals surface area contributed by atoms with Crippen molar-refractivity contribution >= 4 is 0 Å². The van der Waals surface area contributed by atoms with Gasteiger partial charge in [0.05, 0.1) is 39.6 Å². The van der Waals surface area contributed by atoms with Gasteiger partial charge in [-0.2, -0.15) is 0 Å². The SMILES string of the molecule is C1CO[C](C2COCCO2)CO1. The zero-order chi connectivity index (χ0) is 8.23. The molecule has 12 heavy (non-hydrogen) atoms. The van der Waals surface area contributed by atoms with Gasteiger partial charge in [0, 0.05) is 0 Å². The van der Waals surface area contributed by atoms with E-state index in [1.807, 2.05) is 0 Å². The summed E-state index contributed by atoms with van der Waals surface area (Å²) < 4.78 is 21.3. The van der Waals surface area contributed by atoms with Crippen molar-refractivity contribution in [1.82, 2.24) is 0 Å². The highest BCUT2D eigenvalue weighted by molar-refractivity contribution is 4.91. The van der Waals surface area contributed by atoms with Gasteiger partial charge >= 0.3 is 0 Å². The van der Waals surface area contributed by atoms with Crippen LogP contribution >= 0.6 is 0 Å². The number of ether oxygens (including phenoxy) is 4. The average Bonchev–Trinajstić information content (AvgIpc) is 2.21. The zero-order valence-electron chi connectivity index (χ0n) is 6.95. The molecule has 2 saturated heterocycles. The van der Waals surface area contributed by atoms with Crippen LogP contribution < -0.4 is 0 Å². The molecule has 2 aliphatic rings. The third-order valence-electron chi connectivity index (χ3n) is 1.93. The van der Waals surface area contributed by atoms with E-state index in [4.69, 9.17) is 18.9 Å². The molecule has 0 aromatic heterocycles. The van der Waals surface area contributed by atoms with Crippen LogP contribution in [0.4, 0.5) is 0 Å². The van der Waals surface area contributed by atoms with Crippen LogP contribution in [-0.2, 0) is 18.9 Å². The predicted octanol–water partition coefficient (Wildman–Crippen LogP) is -0.0194. The Morgan fingerprint density at radius 2 is 1.92 bits per heavy atom. The topological polar surface area (TPSA) is 36.9 Å². The summed E-state index contributed by atoms with van der Waals surface area (Å²) in [7, 11) is 0. The van der Waals surface area contributed by atoms with Gasteiger partial charge in [0.25, 0.3) is 0 Å². The Morgan fingerprint density at radius 3 is 2.58 bits per heavy atom. The molecule has 2 rings (SSSR count). The molecule has 4 heteroatoms. The fourth-order valence-corrected chi connectivity index (χ4v) is 1.31. The fraction of sp³-hybridized carbons (Fsp3) is 0.875. The zero-order valence-corrected chi connectivity index (χ0v) is 6.95. The lowest BCUT2D eigenvalue weighted by Gasteiger charge is -2.31. The Bertz CT molecular complexity index is 111. The van der Waals surface area contributed by atoms with Gasteiger partial charge in [0.1, 0.15) is 6.10 Å². The molecule has 0 bridgehead atoms. The number of hydrogen-bond acceptors (Lipinski definition) is 4. The fourth-order valence-electron chi connectivity index (χ4n) is 1.31. The predicted molar refractivity (Wildman–Crippen MR) is 40.6 cm³/mol. The first-order chi connectivity index (χ1) is 5.97. The van der Waals surface area contributed by atoms with Crippen LogP contribution in [0.15, 0.2) is 0 Å². The van der Waals surface area contributed by atoms with Crippen LogP contribution in [0.25, 0.3) is 0 Å². The van der Waals surface area contributed by atoms with E-state index in [1.165, 1.54) is 0 Å². The molecule has 2 fully saturated rings. The van der Waals surface area contributed by atoms with E-state index in [0.717, 1.165) is 6.10 Å². The Labute approximate surface area is 71.7 Å². The first-order valence-electron chi connectivity index (χ1n) is 4.22. The quantitative estimate of drug-likeness (QED) is 0.558. The molecule has 0 aromatic carbocycles. The molecule has 0 aliphatic carbocycles. The molecule has 4 nitrogen and oxygen atoms in total. The largest absolute Gasteiger partial charge is 0.376 e. The summed E-state index contributed by atoms with van der Waals surface area (Å²) in [5.41, 5.74) is 0. The van der Waals surface area contributed by atoms with Crippen molar-refractivity contribution in [2.75, 3.05) is 39.6 Å². The Balaban J connectivity index is 1.80. The molecule has 0 N–H and O–H groups in total. The van der Waals surface area contributed by atoms with E-state index in [-0.39, 0.29) is 6.10 Å². The van der Waals surface area contributed by atoms with Gasteiger partial charge in [0.2, 0.25) is 0 Å². The first-order valence-corrected chi connectivity index (χ1v) is 4.22. The Kier molecular flexibility index (Phi) is 2.94. The summed E-state index contributed by atoms with van der Waals surface area (Å²) in [5.74, 6) is 0. The van der Waals surface area contributed by atoms with E-state index in [0.29, 0.717) is 39.6 Å². The average molecular weight is 173 g/mol. The summed E-state index contributed by atoms with van der Waals surface area (Å²) in [4.78, 5) is 0. The lowest BCUT2D eigenvalue weighted by atomic mass is 10.2. The summed E-state index contributed by atoms with van der Waals surface area (Å²) >= 11 is 0. The number of rotatable bonds is 1. The number of hydrogen-bond donors (Lipinski definition) is 0. The van der Waals surface area contributed by atoms with Crippen LogP contribution in [0, 0.1) is 6.10 Å². The van der Waals surface area contributed by atoms with Gasteiger partial charge < -0.3 is 18.9 Å². The van der Waals surface area contributed by atoms with Crippen LogP contribution in [0.2, 0.25) is 0 Å². The lowest BCUT2D eigenvalue weighted by Crippen LogP contribution is -2.39. The maximum atomic E-state index is 5.45. The molecular weight excluding hydrogens is 160 g/mol. The van der Waals surface area contributed by atoms with Gasteiger partial charge in [0.15, 0.2) is 6.10 Å². The molecule has 0 spiro atoms. The van der Waals surface area contributed by atoms with Gasteiger partial charge in [-0.1, -0.05) is 0 Å². The van der Waals surface area contributed by atoms with E-state index >= 15 is 0 Å². The van der Waals surface area contributed by atoms with Crippen molar-refractivity contribution in [3.63, 3.8) is 0 Å². The molecular formula is C8H13O4. The van der Waals surface area contributed by atoms with Gasteiger partial charge in [-0.15, -0.1) is 0 Å². The third kappa shape index (κ3) is 1.95. The second-order valence-corrected chi connectivity index (χ2v) is 2.80. The van der Waals surface area contributed by atoms with Crippen LogP contribution in [-0.4, -0.2) is 45.7 Å². The maximum absolute atomic E-state index is 5.45. The molecule has 0 amide bonds. The monoisotopic (exact) mass is 173 g/mol. The summed E-state index contributed by atoms with van der Waals surface area (Å²) in [6.07, 6.45) is 0.861. The molecule has 0 saturated carbocycles. The molecule has 1 radical (unpaired) electrons. The van der Waals surface area contributed by atoms with Crippen LogP contribution in [0.5, 0.6) is 0 Å². The minimum atomic E-state index is -0.0148. The van der Waals surface area contributed by atoms with E-state index in [2.05, 4.69) is 0 Å². The summed E-state index contributed by atoms with van der Waals surface area (Å²) in [6.45, 7) is 3.79. The van der Waals surface area contributed by atoms with Crippen molar-refractivity contribution in [1.29, 1.82) is 0 Å². The van der Waals surface area contributed by atoms with Crippen molar-refractivity contribution < 1.29 is 18.9 Å². The molecule has 1 atom stereocenters. The maximum Gasteiger partial charge on any atom is 0.153 e. The van der Waals surface area contributed by atoms with Gasteiger partial charge in [-0.05, 0) is 0 Å². The normalized spacial score (nSPS) is 33.5. The highest BCUT2D eigenvalue weighted by Gasteiger charge is 2.29. The van der Waals surface area contributed by atoms with Crippen molar-refractivity contribution in [3.8, 4) is 0 Å². The summed E-state index contributed by atoms with van der Waals surface area (Å²) in [6, 6.07) is 0.